The summed E-state index contributed by atoms with van der Waals surface area (Å²) in [5.74, 6) is 1.11. The Labute approximate surface area is 137 Å². The van der Waals surface area contributed by atoms with E-state index in [9.17, 15) is 4.79 Å². The van der Waals surface area contributed by atoms with Gasteiger partial charge in [-0.25, -0.2) is 4.99 Å². The number of nitrogens with two attached hydrogens (primary N) is 2. The topological polar surface area (TPSA) is 97.1 Å². The van der Waals surface area contributed by atoms with Crippen LogP contribution in [0.25, 0.3) is 0 Å². The molecule has 1 saturated carbocycles. The Bertz CT molecular complexity index is 629. The Kier molecular flexibility index (Phi) is 4.00. The number of aliphatic imine (C=N–C) groups is 2. The molecule has 6 heteroatoms. The highest BCUT2D eigenvalue weighted by Gasteiger charge is 2.40. The molecule has 2 unspecified atom stereocenters. The molecule has 0 radical (unpaired) electrons. The van der Waals surface area contributed by atoms with Crippen molar-refractivity contribution in [3.8, 4) is 0 Å². The second-order valence-corrected chi connectivity index (χ2v) is 7.04. The Morgan fingerprint density at radius 1 is 1.48 bits per heavy atom. The van der Waals surface area contributed by atoms with Crippen LogP contribution in [0.15, 0.2) is 33.4 Å². The Hall–Kier alpha value is -2.11. The first-order chi connectivity index (χ1) is 10.9. The number of rotatable bonds is 4. The fourth-order valence-electron chi connectivity index (χ4n) is 3.05. The molecule has 1 heterocycles. The van der Waals surface area contributed by atoms with Gasteiger partial charge in [0, 0.05) is 37.0 Å². The minimum absolute atomic E-state index is 0.00672. The third-order valence-corrected chi connectivity index (χ3v) is 5.01. The monoisotopic (exact) mass is 315 g/mol. The second-order valence-electron chi connectivity index (χ2n) is 7.04. The predicted octanol–water partition coefficient (Wildman–Crippen LogP) is 1.19. The van der Waals surface area contributed by atoms with Crippen LogP contribution in [0.3, 0.4) is 0 Å². The standard InChI is InChI=1S/C17H25N5O/c1-17(8-15(23)22(2)16(19)21-17)13-6-5-12(14(18)7-13)10-20-9-11-3-4-11/h5-6,10-11,13H,3-4,7-9,18H2,1-2H3,(H2,19,21). The highest BCUT2D eigenvalue weighted by Crippen LogP contribution is 2.36. The summed E-state index contributed by atoms with van der Waals surface area (Å²) < 4.78 is 0. The molecule has 3 aliphatic rings. The van der Waals surface area contributed by atoms with Crippen molar-refractivity contribution < 1.29 is 4.79 Å². The quantitative estimate of drug-likeness (QED) is 0.763. The van der Waals surface area contributed by atoms with Gasteiger partial charge >= 0.3 is 0 Å². The number of carbonyl (C=O) groups is 1. The number of hydrogen-bond donors (Lipinski definition) is 2. The zero-order chi connectivity index (χ0) is 16.6. The molecule has 3 rings (SSSR count). The summed E-state index contributed by atoms with van der Waals surface area (Å²) in [5.41, 5.74) is 13.3. The molecule has 2 aliphatic carbocycles. The van der Waals surface area contributed by atoms with Crippen molar-refractivity contribution in [3.63, 3.8) is 0 Å². The van der Waals surface area contributed by atoms with Crippen molar-refractivity contribution in [2.75, 3.05) is 13.6 Å². The summed E-state index contributed by atoms with van der Waals surface area (Å²) in [6.07, 6.45) is 9.57. The lowest BCUT2D eigenvalue weighted by molar-refractivity contribution is -0.128. The van der Waals surface area contributed by atoms with Gasteiger partial charge in [0.25, 0.3) is 0 Å². The van der Waals surface area contributed by atoms with Gasteiger partial charge in [0.15, 0.2) is 5.96 Å². The zero-order valence-electron chi connectivity index (χ0n) is 13.8. The summed E-state index contributed by atoms with van der Waals surface area (Å²) in [5, 5.41) is 0. The molecule has 2 atom stereocenters. The van der Waals surface area contributed by atoms with E-state index < -0.39 is 5.54 Å². The number of nitrogens with zero attached hydrogens (tertiary/aromatic N) is 3. The zero-order valence-corrected chi connectivity index (χ0v) is 13.8. The molecular formula is C17H25N5O. The highest BCUT2D eigenvalue weighted by molar-refractivity contribution is 5.98. The van der Waals surface area contributed by atoms with Gasteiger partial charge in [-0.2, -0.15) is 0 Å². The van der Waals surface area contributed by atoms with E-state index in [0.717, 1.165) is 23.7 Å². The maximum absolute atomic E-state index is 12.1. The minimum Gasteiger partial charge on any atom is -0.401 e. The summed E-state index contributed by atoms with van der Waals surface area (Å²) in [6, 6.07) is 0. The van der Waals surface area contributed by atoms with Gasteiger partial charge in [0.05, 0.1) is 12.0 Å². The van der Waals surface area contributed by atoms with E-state index in [-0.39, 0.29) is 17.8 Å². The van der Waals surface area contributed by atoms with Crippen LogP contribution < -0.4 is 11.5 Å². The van der Waals surface area contributed by atoms with Gasteiger partial charge in [-0.3, -0.25) is 14.7 Å². The first-order valence-corrected chi connectivity index (χ1v) is 8.17. The lowest BCUT2D eigenvalue weighted by atomic mass is 9.76. The van der Waals surface area contributed by atoms with Gasteiger partial charge in [0.1, 0.15) is 0 Å². The van der Waals surface area contributed by atoms with Gasteiger partial charge in [-0.1, -0.05) is 12.2 Å². The number of allylic oxidation sites excluding steroid dienone is 3. The summed E-state index contributed by atoms with van der Waals surface area (Å²) >= 11 is 0. The Morgan fingerprint density at radius 2 is 2.22 bits per heavy atom. The molecule has 0 aromatic carbocycles. The van der Waals surface area contributed by atoms with Crippen LogP contribution in [-0.2, 0) is 4.79 Å². The third-order valence-electron chi connectivity index (χ3n) is 5.01. The SMILES string of the molecule is CN1C(=O)CC(C)(C2C=CC(C=NCC3CC3)=C(N)C2)N=C1N. The van der Waals surface area contributed by atoms with Crippen LogP contribution in [0.2, 0.25) is 0 Å². The van der Waals surface area contributed by atoms with E-state index in [1.165, 1.54) is 17.7 Å². The van der Waals surface area contributed by atoms with Crippen LogP contribution in [0.1, 0.15) is 32.6 Å². The number of carbonyl (C=O) groups excluding carboxylic acids is 1. The van der Waals surface area contributed by atoms with Gasteiger partial charge in [-0.05, 0) is 32.1 Å². The predicted molar refractivity (Wildman–Crippen MR) is 92.0 cm³/mol. The second kappa shape index (κ2) is 5.83. The average molecular weight is 315 g/mol. The summed E-state index contributed by atoms with van der Waals surface area (Å²) in [4.78, 5) is 22.5. The molecule has 0 aromatic rings. The molecular weight excluding hydrogens is 290 g/mol. The highest BCUT2D eigenvalue weighted by atomic mass is 16.2. The van der Waals surface area contributed by atoms with Crippen molar-refractivity contribution in [1.29, 1.82) is 0 Å². The maximum atomic E-state index is 12.1. The number of amides is 1. The lowest BCUT2D eigenvalue weighted by Crippen LogP contribution is -2.51. The molecule has 0 spiro atoms. The smallest absolute Gasteiger partial charge is 0.231 e. The van der Waals surface area contributed by atoms with Crippen LogP contribution in [0, 0.1) is 11.8 Å². The normalized spacial score (nSPS) is 31.9. The number of guanidine groups is 1. The fraction of sp³-hybridized carbons (Fsp3) is 0.588. The van der Waals surface area contributed by atoms with Crippen LogP contribution in [0.4, 0.5) is 0 Å². The number of hydrogen-bond acceptors (Lipinski definition) is 5. The van der Waals surface area contributed by atoms with E-state index >= 15 is 0 Å². The molecule has 23 heavy (non-hydrogen) atoms. The Morgan fingerprint density at radius 3 is 2.83 bits per heavy atom. The van der Waals surface area contributed by atoms with E-state index in [4.69, 9.17) is 11.5 Å². The van der Waals surface area contributed by atoms with Crippen molar-refractivity contribution >= 4 is 18.1 Å². The van der Waals surface area contributed by atoms with E-state index in [1.807, 2.05) is 19.2 Å². The van der Waals surface area contributed by atoms with E-state index in [1.54, 1.807) is 7.05 Å². The van der Waals surface area contributed by atoms with Gasteiger partial charge in [-0.15, -0.1) is 0 Å². The average Bonchev–Trinajstić information content (AvgIpc) is 3.30. The maximum Gasteiger partial charge on any atom is 0.231 e. The summed E-state index contributed by atoms with van der Waals surface area (Å²) in [6.45, 7) is 2.87. The third kappa shape index (κ3) is 3.30. The van der Waals surface area contributed by atoms with Crippen LogP contribution >= 0.6 is 0 Å². The van der Waals surface area contributed by atoms with E-state index in [2.05, 4.69) is 16.1 Å². The fourth-order valence-corrected chi connectivity index (χ4v) is 3.05. The van der Waals surface area contributed by atoms with Gasteiger partial charge < -0.3 is 11.5 Å². The molecule has 0 saturated heterocycles. The van der Waals surface area contributed by atoms with Crippen molar-refractivity contribution in [2.45, 2.75) is 38.1 Å². The first kappa shape index (κ1) is 15.8. The molecule has 4 N–H and O–H groups in total. The lowest BCUT2D eigenvalue weighted by Gasteiger charge is -2.39. The molecule has 124 valence electrons. The van der Waals surface area contributed by atoms with Crippen LogP contribution in [-0.4, -0.2) is 42.1 Å². The largest absolute Gasteiger partial charge is 0.401 e. The van der Waals surface area contributed by atoms with Gasteiger partial charge in [0.2, 0.25) is 5.91 Å². The molecule has 1 amide bonds. The van der Waals surface area contributed by atoms with Crippen LogP contribution in [0.5, 0.6) is 0 Å². The molecule has 0 bridgehead atoms. The molecule has 6 nitrogen and oxygen atoms in total. The molecule has 1 aliphatic heterocycles. The summed E-state index contributed by atoms with van der Waals surface area (Å²) in [7, 11) is 1.65. The van der Waals surface area contributed by atoms with Crippen molar-refractivity contribution in [3.05, 3.63) is 23.4 Å². The molecule has 1 fully saturated rings. The van der Waals surface area contributed by atoms with Crippen molar-refractivity contribution in [2.24, 2.45) is 33.3 Å². The molecule has 0 aromatic heterocycles. The van der Waals surface area contributed by atoms with Crippen molar-refractivity contribution in [1.82, 2.24) is 4.90 Å². The van der Waals surface area contributed by atoms with E-state index in [0.29, 0.717) is 12.8 Å². The minimum atomic E-state index is -0.536. The Balaban J connectivity index is 1.72. The first-order valence-electron chi connectivity index (χ1n) is 8.17.